The zero-order valence-corrected chi connectivity index (χ0v) is 24.3. The van der Waals surface area contributed by atoms with Gasteiger partial charge in [0, 0.05) is 34.6 Å². The van der Waals surface area contributed by atoms with Crippen LogP contribution in [0.25, 0.3) is 15.9 Å². The van der Waals surface area contributed by atoms with Crippen LogP contribution in [0, 0.1) is 13.8 Å². The molecule has 9 nitrogen and oxygen atoms in total. The molecule has 1 aliphatic carbocycles. The van der Waals surface area contributed by atoms with Gasteiger partial charge in [0.25, 0.3) is 11.8 Å². The van der Waals surface area contributed by atoms with Gasteiger partial charge < -0.3 is 20.5 Å². The smallest absolute Gasteiger partial charge is 0.366 e. The molecule has 1 aliphatic rings. The number of nitrogens with zero attached hydrogens (tertiary/aromatic N) is 4. The molecule has 0 unspecified atom stereocenters. The standard InChI is InChI=1S/C29H23ClF3N7O2S/c1-14-11-40(15(2)36-14)20-8-16(7-17(9-20)29(31,32)33)27(41)38-19-5-6-22(30)23(10-19)39-28(42)21-12-43-25-24(21)34-13-35-26(25)37-18-3-4-18/h5-13,18H,3-4H2,1-2H3,(H,38,41)(H,39,42)(H,34,35,37). The number of alkyl halides is 3. The third-order valence-corrected chi connectivity index (χ3v) is 8.08. The Bertz CT molecular complexity index is 1900. The lowest BCUT2D eigenvalue weighted by Crippen LogP contribution is -2.16. The van der Waals surface area contributed by atoms with Crippen LogP contribution in [0.3, 0.4) is 0 Å². The number of amides is 2. The summed E-state index contributed by atoms with van der Waals surface area (Å²) in [6.45, 7) is 3.38. The van der Waals surface area contributed by atoms with Gasteiger partial charge in [-0.3, -0.25) is 9.59 Å². The Kier molecular flexibility index (Phi) is 7.30. The fourth-order valence-corrected chi connectivity index (χ4v) is 5.67. The quantitative estimate of drug-likeness (QED) is 0.176. The molecule has 14 heteroatoms. The van der Waals surface area contributed by atoms with Crippen molar-refractivity contribution >= 4 is 62.2 Å². The summed E-state index contributed by atoms with van der Waals surface area (Å²) in [7, 11) is 0. The van der Waals surface area contributed by atoms with Crippen molar-refractivity contribution in [3.8, 4) is 5.69 Å². The maximum atomic E-state index is 13.8. The van der Waals surface area contributed by atoms with E-state index in [1.54, 1.807) is 25.4 Å². The maximum absolute atomic E-state index is 13.8. The Morgan fingerprint density at radius 3 is 2.53 bits per heavy atom. The predicted octanol–water partition coefficient (Wildman–Crippen LogP) is 7.24. The molecular weight excluding hydrogens is 603 g/mol. The summed E-state index contributed by atoms with van der Waals surface area (Å²) in [5, 5.41) is 10.6. The van der Waals surface area contributed by atoms with Gasteiger partial charge >= 0.3 is 6.18 Å². The van der Waals surface area contributed by atoms with Crippen molar-refractivity contribution in [2.75, 3.05) is 16.0 Å². The van der Waals surface area contributed by atoms with Gasteiger partial charge in [-0.2, -0.15) is 13.2 Å². The predicted molar refractivity (Wildman–Crippen MR) is 159 cm³/mol. The largest absolute Gasteiger partial charge is 0.416 e. The number of aromatic nitrogens is 4. The summed E-state index contributed by atoms with van der Waals surface area (Å²) in [5.74, 6) is -0.101. The summed E-state index contributed by atoms with van der Waals surface area (Å²) in [6.07, 6.45) is 0.433. The van der Waals surface area contributed by atoms with E-state index in [1.807, 2.05) is 0 Å². The SMILES string of the molecule is Cc1cn(-c2cc(C(=O)Nc3ccc(Cl)c(NC(=O)c4csc5c(NC6CC6)ncnc45)c3)cc(C(F)(F)F)c2)c(C)n1. The van der Waals surface area contributed by atoms with E-state index in [0.29, 0.717) is 34.5 Å². The number of hydrogen-bond donors (Lipinski definition) is 3. The molecule has 0 atom stereocenters. The Hall–Kier alpha value is -4.49. The molecule has 1 saturated carbocycles. The monoisotopic (exact) mass is 625 g/mol. The van der Waals surface area contributed by atoms with E-state index in [9.17, 15) is 22.8 Å². The van der Waals surface area contributed by atoms with Crippen LogP contribution in [0.5, 0.6) is 0 Å². The highest BCUT2D eigenvalue weighted by Crippen LogP contribution is 2.35. The van der Waals surface area contributed by atoms with Crippen LogP contribution in [0.15, 0.2) is 54.3 Å². The molecule has 43 heavy (non-hydrogen) atoms. The summed E-state index contributed by atoms with van der Waals surface area (Å²) in [4.78, 5) is 39.2. The van der Waals surface area contributed by atoms with Gasteiger partial charge in [-0.25, -0.2) is 15.0 Å². The van der Waals surface area contributed by atoms with Gasteiger partial charge in [-0.05, 0) is 63.1 Å². The molecule has 3 aromatic heterocycles. The van der Waals surface area contributed by atoms with E-state index in [2.05, 4.69) is 30.9 Å². The highest BCUT2D eigenvalue weighted by molar-refractivity contribution is 7.18. The lowest BCUT2D eigenvalue weighted by Gasteiger charge is -2.14. The van der Waals surface area contributed by atoms with E-state index < -0.39 is 23.6 Å². The number of fused-ring (bicyclic) bond motifs is 1. The zero-order chi connectivity index (χ0) is 30.5. The molecule has 5 aromatic rings. The summed E-state index contributed by atoms with van der Waals surface area (Å²) < 4.78 is 43.5. The van der Waals surface area contributed by atoms with Crippen LogP contribution in [-0.4, -0.2) is 37.4 Å². The number of imidazole rings is 1. The van der Waals surface area contributed by atoms with Gasteiger partial charge in [0.05, 0.1) is 37.7 Å². The average molecular weight is 626 g/mol. The normalized spacial score (nSPS) is 13.3. The molecule has 0 aliphatic heterocycles. The molecule has 0 spiro atoms. The van der Waals surface area contributed by atoms with Crippen LogP contribution < -0.4 is 16.0 Å². The lowest BCUT2D eigenvalue weighted by atomic mass is 10.1. The second kappa shape index (κ2) is 11.0. The van der Waals surface area contributed by atoms with E-state index in [-0.39, 0.29) is 27.6 Å². The lowest BCUT2D eigenvalue weighted by molar-refractivity contribution is -0.137. The molecule has 1 fully saturated rings. The fourth-order valence-electron chi connectivity index (χ4n) is 4.55. The zero-order valence-electron chi connectivity index (χ0n) is 22.7. The highest BCUT2D eigenvalue weighted by Gasteiger charge is 2.32. The number of benzene rings is 2. The summed E-state index contributed by atoms with van der Waals surface area (Å²) in [5.41, 5.74) is 0.802. The number of hydrogen-bond acceptors (Lipinski definition) is 7. The van der Waals surface area contributed by atoms with Crippen molar-refractivity contribution in [1.29, 1.82) is 0 Å². The average Bonchev–Trinajstić information content (AvgIpc) is 3.55. The van der Waals surface area contributed by atoms with Gasteiger partial charge in [0.1, 0.15) is 18.0 Å². The van der Waals surface area contributed by atoms with Crippen LogP contribution in [-0.2, 0) is 6.18 Å². The Balaban J connectivity index is 1.25. The Labute approximate surface area is 252 Å². The van der Waals surface area contributed by atoms with Gasteiger partial charge in [-0.1, -0.05) is 11.6 Å². The summed E-state index contributed by atoms with van der Waals surface area (Å²) in [6, 6.07) is 7.85. The van der Waals surface area contributed by atoms with Crippen molar-refractivity contribution in [1.82, 2.24) is 19.5 Å². The number of carbonyl (C=O) groups excluding carboxylic acids is 2. The molecule has 3 heterocycles. The first-order chi connectivity index (χ1) is 20.5. The van der Waals surface area contributed by atoms with E-state index >= 15 is 0 Å². The van der Waals surface area contributed by atoms with E-state index in [4.69, 9.17) is 11.6 Å². The highest BCUT2D eigenvalue weighted by atomic mass is 35.5. The first kappa shape index (κ1) is 28.6. The minimum absolute atomic E-state index is 0.143. The van der Waals surface area contributed by atoms with Gasteiger partial charge in [0.2, 0.25) is 0 Å². The third kappa shape index (κ3) is 6.04. The second-order valence-electron chi connectivity index (χ2n) is 10.1. The molecule has 0 saturated heterocycles. The van der Waals surface area contributed by atoms with Crippen LogP contribution in [0.4, 0.5) is 30.4 Å². The van der Waals surface area contributed by atoms with Crippen molar-refractivity contribution in [2.24, 2.45) is 0 Å². The molecule has 2 amide bonds. The Morgan fingerprint density at radius 1 is 1.05 bits per heavy atom. The first-order valence-corrected chi connectivity index (χ1v) is 14.4. The number of thiophene rings is 1. The molecule has 0 bridgehead atoms. The van der Waals surface area contributed by atoms with Crippen molar-refractivity contribution in [3.05, 3.63) is 87.5 Å². The third-order valence-electron chi connectivity index (χ3n) is 6.78. The van der Waals surface area contributed by atoms with Gasteiger partial charge in [0.15, 0.2) is 0 Å². The maximum Gasteiger partial charge on any atom is 0.416 e. The van der Waals surface area contributed by atoms with Crippen molar-refractivity contribution < 1.29 is 22.8 Å². The van der Waals surface area contributed by atoms with Crippen LogP contribution in [0.1, 0.15) is 50.6 Å². The molecule has 2 aromatic carbocycles. The molecule has 0 radical (unpaired) electrons. The number of rotatable bonds is 7. The van der Waals surface area contributed by atoms with Gasteiger partial charge in [-0.15, -0.1) is 11.3 Å². The minimum Gasteiger partial charge on any atom is -0.366 e. The molecular formula is C29H23ClF3N7O2S. The minimum atomic E-state index is -4.68. The van der Waals surface area contributed by atoms with E-state index in [0.717, 1.165) is 29.7 Å². The molecule has 6 rings (SSSR count). The summed E-state index contributed by atoms with van der Waals surface area (Å²) >= 11 is 7.69. The fraction of sp³-hybridized carbons (Fsp3) is 0.207. The number of carbonyl (C=O) groups is 2. The number of halogens is 4. The number of nitrogens with one attached hydrogen (secondary N) is 3. The molecule has 3 N–H and O–H groups in total. The Morgan fingerprint density at radius 2 is 1.84 bits per heavy atom. The van der Waals surface area contributed by atoms with E-state index in [1.165, 1.54) is 46.5 Å². The molecule has 220 valence electrons. The van der Waals surface area contributed by atoms with Crippen molar-refractivity contribution in [3.63, 3.8) is 0 Å². The van der Waals surface area contributed by atoms with Crippen LogP contribution in [0.2, 0.25) is 5.02 Å². The van der Waals surface area contributed by atoms with Crippen molar-refractivity contribution in [2.45, 2.75) is 38.9 Å². The van der Waals surface area contributed by atoms with Crippen LogP contribution >= 0.6 is 22.9 Å². The number of anilines is 3. The number of aryl methyl sites for hydroxylation is 2. The second-order valence-corrected chi connectivity index (χ2v) is 11.4. The first-order valence-electron chi connectivity index (χ1n) is 13.1. The topological polar surface area (TPSA) is 114 Å².